The average molecular weight is 269 g/mol. The molecule has 0 spiro atoms. The maximum Gasteiger partial charge on any atom is 0.0953 e. The molecule has 1 saturated carbocycles. The molecule has 0 radical (unpaired) electrons. The fraction of sp³-hybridized carbons (Fsp3) is 0.471. The van der Waals surface area contributed by atoms with Crippen molar-refractivity contribution in [2.24, 2.45) is 5.73 Å². The molecule has 3 rings (SSSR count). The molecule has 106 valence electrons. The number of hydrogen-bond acceptors (Lipinski definition) is 2. The van der Waals surface area contributed by atoms with Gasteiger partial charge < -0.3 is 10.3 Å². The molecule has 1 heterocycles. The Morgan fingerprint density at radius 2 is 1.95 bits per heavy atom. The van der Waals surface area contributed by atoms with Crippen LogP contribution in [-0.2, 0) is 12.0 Å². The van der Waals surface area contributed by atoms with E-state index >= 15 is 0 Å². The summed E-state index contributed by atoms with van der Waals surface area (Å²) in [7, 11) is 0. The van der Waals surface area contributed by atoms with Gasteiger partial charge in [-0.3, -0.25) is 0 Å². The molecule has 1 aliphatic carbocycles. The molecule has 0 unspecified atom stereocenters. The third-order valence-corrected chi connectivity index (χ3v) is 4.61. The molecule has 1 aliphatic rings. The predicted molar refractivity (Wildman–Crippen MR) is 81.4 cm³/mol. The average Bonchev–Trinajstić information content (AvgIpc) is 3.09. The smallest absolute Gasteiger partial charge is 0.0953 e. The maximum absolute atomic E-state index is 6.44. The Morgan fingerprint density at radius 1 is 1.25 bits per heavy atom. The fourth-order valence-corrected chi connectivity index (χ4v) is 3.38. The molecule has 2 N–H and O–H groups in total. The summed E-state index contributed by atoms with van der Waals surface area (Å²) in [5, 5.41) is 0. The molecule has 1 aromatic heterocycles. The Labute approximate surface area is 120 Å². The van der Waals surface area contributed by atoms with E-state index in [-0.39, 0.29) is 11.6 Å². The van der Waals surface area contributed by atoms with E-state index in [0.29, 0.717) is 0 Å². The first-order valence-electron chi connectivity index (χ1n) is 7.51. The van der Waals surface area contributed by atoms with Gasteiger partial charge >= 0.3 is 0 Å². The minimum atomic E-state index is 0.0114. The molecule has 1 aromatic carbocycles. The van der Waals surface area contributed by atoms with Crippen molar-refractivity contribution in [1.82, 2.24) is 9.55 Å². The molecular weight excluding hydrogens is 246 g/mol. The van der Waals surface area contributed by atoms with Crippen LogP contribution in [0.1, 0.15) is 49.9 Å². The molecule has 1 atom stereocenters. The van der Waals surface area contributed by atoms with E-state index in [0.717, 1.165) is 6.42 Å². The first kappa shape index (κ1) is 13.4. The van der Waals surface area contributed by atoms with Crippen molar-refractivity contribution >= 4 is 0 Å². The van der Waals surface area contributed by atoms with Crippen LogP contribution in [0, 0.1) is 0 Å². The van der Waals surface area contributed by atoms with Crippen molar-refractivity contribution < 1.29 is 0 Å². The molecule has 1 fully saturated rings. The van der Waals surface area contributed by atoms with Crippen LogP contribution < -0.4 is 5.73 Å². The molecule has 3 nitrogen and oxygen atoms in total. The van der Waals surface area contributed by atoms with E-state index in [2.05, 4.69) is 40.7 Å². The van der Waals surface area contributed by atoms with Crippen LogP contribution in [0.3, 0.4) is 0 Å². The number of nitrogens with zero attached hydrogens (tertiary/aromatic N) is 2. The minimum absolute atomic E-state index is 0.0114. The Kier molecular flexibility index (Phi) is 3.62. The SMILES string of the molecule is CC1(n2cncc2[C@H](N)Cc2ccccc2)CCCC1. The third-order valence-electron chi connectivity index (χ3n) is 4.61. The Morgan fingerprint density at radius 3 is 2.65 bits per heavy atom. The van der Waals surface area contributed by atoms with E-state index in [1.54, 1.807) is 0 Å². The molecule has 0 bridgehead atoms. The quantitative estimate of drug-likeness (QED) is 0.924. The van der Waals surface area contributed by atoms with Gasteiger partial charge in [-0.1, -0.05) is 43.2 Å². The van der Waals surface area contributed by atoms with Crippen LogP contribution in [0.2, 0.25) is 0 Å². The summed E-state index contributed by atoms with van der Waals surface area (Å²) in [6, 6.07) is 10.5. The Bertz CT molecular complexity index is 553. The Balaban J connectivity index is 1.82. The summed E-state index contributed by atoms with van der Waals surface area (Å²) >= 11 is 0. The van der Waals surface area contributed by atoms with Gasteiger partial charge in [0.15, 0.2) is 0 Å². The third kappa shape index (κ3) is 2.50. The van der Waals surface area contributed by atoms with Crippen LogP contribution in [-0.4, -0.2) is 9.55 Å². The zero-order valence-electron chi connectivity index (χ0n) is 12.1. The summed E-state index contributed by atoms with van der Waals surface area (Å²) in [5.74, 6) is 0. The zero-order chi connectivity index (χ0) is 14.0. The van der Waals surface area contributed by atoms with Gasteiger partial charge in [0.2, 0.25) is 0 Å². The molecule has 0 aliphatic heterocycles. The second kappa shape index (κ2) is 5.41. The number of nitrogens with two attached hydrogens (primary N) is 1. The highest BCUT2D eigenvalue weighted by Gasteiger charge is 2.32. The van der Waals surface area contributed by atoms with Gasteiger partial charge in [0, 0.05) is 11.7 Å². The summed E-state index contributed by atoms with van der Waals surface area (Å²) < 4.78 is 2.33. The van der Waals surface area contributed by atoms with E-state index < -0.39 is 0 Å². The van der Waals surface area contributed by atoms with E-state index in [9.17, 15) is 0 Å². The van der Waals surface area contributed by atoms with Crippen molar-refractivity contribution in [3.05, 3.63) is 54.1 Å². The van der Waals surface area contributed by atoms with Crippen LogP contribution in [0.4, 0.5) is 0 Å². The molecule has 20 heavy (non-hydrogen) atoms. The predicted octanol–water partition coefficient (Wildman–Crippen LogP) is 3.41. The van der Waals surface area contributed by atoms with Crippen molar-refractivity contribution in [2.45, 2.75) is 50.6 Å². The normalized spacial score (nSPS) is 19.1. The molecule has 0 amide bonds. The lowest BCUT2D eigenvalue weighted by Gasteiger charge is -2.29. The first-order chi connectivity index (χ1) is 9.69. The monoisotopic (exact) mass is 269 g/mol. The topological polar surface area (TPSA) is 43.8 Å². The number of rotatable bonds is 4. The Hall–Kier alpha value is -1.61. The lowest BCUT2D eigenvalue weighted by molar-refractivity contribution is 0.313. The number of hydrogen-bond donors (Lipinski definition) is 1. The van der Waals surface area contributed by atoms with Crippen molar-refractivity contribution in [1.29, 1.82) is 0 Å². The number of benzene rings is 1. The largest absolute Gasteiger partial charge is 0.327 e. The van der Waals surface area contributed by atoms with Gasteiger partial charge in [0.25, 0.3) is 0 Å². The highest BCUT2D eigenvalue weighted by Crippen LogP contribution is 2.37. The van der Waals surface area contributed by atoms with Crippen molar-refractivity contribution in [2.75, 3.05) is 0 Å². The van der Waals surface area contributed by atoms with Crippen LogP contribution >= 0.6 is 0 Å². The van der Waals surface area contributed by atoms with Crippen LogP contribution in [0.15, 0.2) is 42.9 Å². The van der Waals surface area contributed by atoms with Crippen LogP contribution in [0.25, 0.3) is 0 Å². The summed E-state index contributed by atoms with van der Waals surface area (Å²) in [6.45, 7) is 2.33. The highest BCUT2D eigenvalue weighted by atomic mass is 15.1. The van der Waals surface area contributed by atoms with Gasteiger partial charge in [-0.2, -0.15) is 0 Å². The first-order valence-corrected chi connectivity index (χ1v) is 7.51. The van der Waals surface area contributed by atoms with Gasteiger partial charge in [0.05, 0.1) is 18.1 Å². The van der Waals surface area contributed by atoms with Gasteiger partial charge in [0.1, 0.15) is 0 Å². The van der Waals surface area contributed by atoms with Gasteiger partial charge in [-0.25, -0.2) is 4.98 Å². The second-order valence-electron chi connectivity index (χ2n) is 6.19. The highest BCUT2D eigenvalue weighted by molar-refractivity contribution is 5.19. The summed E-state index contributed by atoms with van der Waals surface area (Å²) in [4.78, 5) is 4.36. The summed E-state index contributed by atoms with van der Waals surface area (Å²) in [6.07, 6.45) is 9.85. The van der Waals surface area contributed by atoms with E-state index in [1.807, 2.05) is 18.6 Å². The van der Waals surface area contributed by atoms with Crippen molar-refractivity contribution in [3.63, 3.8) is 0 Å². The lowest BCUT2D eigenvalue weighted by atomic mass is 9.98. The minimum Gasteiger partial charge on any atom is -0.327 e. The fourth-order valence-electron chi connectivity index (χ4n) is 3.38. The molecule has 2 aromatic rings. The zero-order valence-corrected chi connectivity index (χ0v) is 12.1. The summed E-state index contributed by atoms with van der Waals surface area (Å²) in [5.41, 5.74) is 9.09. The molecule has 3 heteroatoms. The van der Waals surface area contributed by atoms with Crippen molar-refractivity contribution in [3.8, 4) is 0 Å². The molecular formula is C17H23N3. The van der Waals surface area contributed by atoms with Gasteiger partial charge in [-0.15, -0.1) is 0 Å². The second-order valence-corrected chi connectivity index (χ2v) is 6.19. The molecule has 0 saturated heterocycles. The van der Waals surface area contributed by atoms with Gasteiger partial charge in [-0.05, 0) is 31.7 Å². The van der Waals surface area contributed by atoms with E-state index in [1.165, 1.54) is 36.9 Å². The number of aromatic nitrogens is 2. The standard InChI is InChI=1S/C17H23N3/c1-17(9-5-6-10-17)20-13-19-12-16(20)15(18)11-14-7-3-2-4-8-14/h2-4,7-8,12-13,15H,5-6,9-11,18H2,1H3/t15-/m1/s1. The maximum atomic E-state index is 6.44. The number of imidazole rings is 1. The lowest BCUT2D eigenvalue weighted by Crippen LogP contribution is -2.30. The van der Waals surface area contributed by atoms with E-state index in [4.69, 9.17) is 5.73 Å². The van der Waals surface area contributed by atoms with Crippen LogP contribution in [0.5, 0.6) is 0 Å².